The molecule has 10 heteroatoms. The minimum Gasteiger partial charge on any atom is -0.366 e. The van der Waals surface area contributed by atoms with Crippen LogP contribution in [0.3, 0.4) is 0 Å². The highest BCUT2D eigenvalue weighted by atomic mass is 19.1. The van der Waals surface area contributed by atoms with Crippen LogP contribution in [0.1, 0.15) is 6.92 Å². The Morgan fingerprint density at radius 1 is 1.25 bits per heavy atom. The molecule has 0 saturated carbocycles. The first-order chi connectivity index (χ1) is 13.4. The average molecular weight is 391 g/mol. The maximum Gasteiger partial charge on any atom is 0.365 e. The highest BCUT2D eigenvalue weighted by Gasteiger charge is 2.22. The highest BCUT2D eigenvalue weighted by molar-refractivity contribution is 5.78. The molecule has 2 heterocycles. The van der Waals surface area contributed by atoms with E-state index in [4.69, 9.17) is 10.3 Å². The number of amides is 2. The second kappa shape index (κ2) is 8.26. The maximum atomic E-state index is 14.7. The lowest BCUT2D eigenvalue weighted by atomic mass is 10.1. The molecular weight excluding hydrogens is 369 g/mol. The quantitative estimate of drug-likeness (QED) is 0.739. The van der Waals surface area contributed by atoms with E-state index in [-0.39, 0.29) is 30.6 Å². The number of nitrogens with zero attached hydrogens (tertiary/aromatic N) is 3. The van der Waals surface area contributed by atoms with E-state index in [1.807, 2.05) is 4.90 Å². The summed E-state index contributed by atoms with van der Waals surface area (Å²) in [5.41, 5.74) is 5.75. The van der Waals surface area contributed by atoms with Crippen LogP contribution in [0.4, 0.5) is 10.1 Å². The lowest BCUT2D eigenvalue weighted by Crippen LogP contribution is -2.50. The summed E-state index contributed by atoms with van der Waals surface area (Å²) in [7, 11) is 0. The Labute approximate surface area is 160 Å². The van der Waals surface area contributed by atoms with E-state index in [0.717, 1.165) is 0 Å². The maximum absolute atomic E-state index is 14.7. The van der Waals surface area contributed by atoms with Gasteiger partial charge in [-0.25, -0.2) is 9.18 Å². The number of nitrogens with one attached hydrogen (secondary N) is 1. The molecule has 0 aliphatic carbocycles. The predicted molar refractivity (Wildman–Crippen MR) is 100 cm³/mol. The molecule has 0 spiro atoms. The molecule has 3 N–H and O–H groups in total. The fourth-order valence-corrected chi connectivity index (χ4v) is 3.10. The third-order valence-corrected chi connectivity index (χ3v) is 4.58. The molecule has 1 aliphatic rings. The van der Waals surface area contributed by atoms with E-state index in [2.05, 4.69) is 5.32 Å². The molecule has 0 atom stereocenters. The summed E-state index contributed by atoms with van der Waals surface area (Å²) < 4.78 is 20.9. The summed E-state index contributed by atoms with van der Waals surface area (Å²) in [6.07, 6.45) is 1.42. The summed E-state index contributed by atoms with van der Waals surface area (Å²) in [4.78, 5) is 38.1. The van der Waals surface area contributed by atoms with Gasteiger partial charge in [0.1, 0.15) is 12.5 Å². The van der Waals surface area contributed by atoms with Crippen LogP contribution in [-0.4, -0.2) is 54.2 Å². The Hall–Kier alpha value is -3.14. The van der Waals surface area contributed by atoms with Crippen molar-refractivity contribution in [3.05, 3.63) is 40.6 Å². The summed E-state index contributed by atoms with van der Waals surface area (Å²) >= 11 is 0. The van der Waals surface area contributed by atoms with E-state index >= 15 is 0 Å². The Morgan fingerprint density at radius 3 is 2.57 bits per heavy atom. The molecule has 2 amide bonds. The fraction of sp³-hybridized carbons (Fsp3) is 0.389. The zero-order valence-electron chi connectivity index (χ0n) is 15.5. The normalized spacial score (nSPS) is 14.2. The molecule has 0 radical (unpaired) electrons. The van der Waals surface area contributed by atoms with E-state index in [0.29, 0.717) is 37.4 Å². The van der Waals surface area contributed by atoms with Gasteiger partial charge in [-0.2, -0.15) is 4.74 Å². The number of carbonyl (C=O) groups is 2. The van der Waals surface area contributed by atoms with Crippen molar-refractivity contribution in [1.82, 2.24) is 15.0 Å². The molecule has 1 aromatic heterocycles. The van der Waals surface area contributed by atoms with Crippen molar-refractivity contribution in [2.24, 2.45) is 5.73 Å². The molecule has 9 nitrogen and oxygen atoms in total. The number of hydrogen-bond donors (Lipinski definition) is 2. The largest absolute Gasteiger partial charge is 0.366 e. The number of anilines is 1. The SMILES string of the molecule is CC(=O)NCn1cc(-c2ccc(N3CCN(C(=O)CN)CC3)c(F)c2)c(=O)o1. The van der Waals surface area contributed by atoms with Gasteiger partial charge in [0.15, 0.2) is 0 Å². The summed E-state index contributed by atoms with van der Waals surface area (Å²) in [6, 6.07) is 4.53. The van der Waals surface area contributed by atoms with Crippen LogP contribution in [-0.2, 0) is 16.3 Å². The lowest BCUT2D eigenvalue weighted by Gasteiger charge is -2.36. The number of aromatic nitrogens is 1. The second-order valence-electron chi connectivity index (χ2n) is 6.47. The average Bonchev–Trinajstić information content (AvgIpc) is 3.06. The first kappa shape index (κ1) is 19.6. The molecule has 3 rings (SSSR count). The molecule has 1 saturated heterocycles. The minimum absolute atomic E-state index is 0.0109. The van der Waals surface area contributed by atoms with E-state index in [9.17, 15) is 18.8 Å². The molecular formula is C18H22FN5O4. The van der Waals surface area contributed by atoms with Crippen LogP contribution >= 0.6 is 0 Å². The van der Waals surface area contributed by atoms with Crippen molar-refractivity contribution in [2.75, 3.05) is 37.6 Å². The monoisotopic (exact) mass is 391 g/mol. The Kier molecular flexibility index (Phi) is 5.78. The molecule has 1 aromatic carbocycles. The van der Waals surface area contributed by atoms with Crippen molar-refractivity contribution < 1.29 is 18.5 Å². The van der Waals surface area contributed by atoms with Crippen LogP contribution in [0.25, 0.3) is 11.1 Å². The molecule has 1 fully saturated rings. The minimum atomic E-state index is -0.619. The third kappa shape index (κ3) is 4.22. The number of nitrogens with two attached hydrogens (primary N) is 1. The Balaban J connectivity index is 1.74. The summed E-state index contributed by atoms with van der Waals surface area (Å²) in [6.45, 7) is 3.28. The lowest BCUT2D eigenvalue weighted by molar-refractivity contribution is -0.130. The second-order valence-corrected chi connectivity index (χ2v) is 6.47. The van der Waals surface area contributed by atoms with Crippen LogP contribution in [0.15, 0.2) is 33.7 Å². The van der Waals surface area contributed by atoms with Crippen molar-refractivity contribution in [2.45, 2.75) is 13.6 Å². The Bertz CT molecular complexity index is 930. The molecule has 28 heavy (non-hydrogen) atoms. The van der Waals surface area contributed by atoms with E-state index in [1.54, 1.807) is 17.0 Å². The number of benzene rings is 1. The van der Waals surface area contributed by atoms with Crippen LogP contribution in [0, 0.1) is 5.82 Å². The zero-order valence-corrected chi connectivity index (χ0v) is 15.5. The molecule has 0 bridgehead atoms. The smallest absolute Gasteiger partial charge is 0.365 e. The van der Waals surface area contributed by atoms with Crippen LogP contribution in [0.5, 0.6) is 0 Å². The van der Waals surface area contributed by atoms with Gasteiger partial charge in [0, 0.05) is 33.1 Å². The van der Waals surface area contributed by atoms with Gasteiger partial charge in [0.2, 0.25) is 11.8 Å². The van der Waals surface area contributed by atoms with Crippen molar-refractivity contribution >= 4 is 17.5 Å². The number of rotatable bonds is 5. The summed E-state index contributed by atoms with van der Waals surface area (Å²) in [5, 5.41) is 2.51. The number of carbonyl (C=O) groups excluding carboxylic acids is 2. The van der Waals surface area contributed by atoms with Gasteiger partial charge >= 0.3 is 5.63 Å². The standard InChI is InChI=1S/C18H22FN5O4/c1-12(25)21-11-24-10-14(18(27)28-24)13-2-3-16(15(19)8-13)22-4-6-23(7-5-22)17(26)9-20/h2-3,8,10H,4-7,9,11,20H2,1H3,(H,21,25). The van der Waals surface area contributed by atoms with Crippen molar-refractivity contribution in [1.29, 1.82) is 0 Å². The van der Waals surface area contributed by atoms with Gasteiger partial charge in [-0.15, -0.1) is 0 Å². The zero-order chi connectivity index (χ0) is 20.3. The van der Waals surface area contributed by atoms with Gasteiger partial charge in [-0.1, -0.05) is 6.07 Å². The van der Waals surface area contributed by atoms with Gasteiger partial charge < -0.3 is 25.4 Å². The first-order valence-corrected chi connectivity index (χ1v) is 8.87. The number of hydrogen-bond acceptors (Lipinski definition) is 6. The van der Waals surface area contributed by atoms with Crippen LogP contribution in [0.2, 0.25) is 0 Å². The molecule has 150 valence electrons. The predicted octanol–water partition coefficient (Wildman–Crippen LogP) is -0.0517. The summed E-state index contributed by atoms with van der Waals surface area (Å²) in [5.74, 6) is -0.849. The van der Waals surface area contributed by atoms with Crippen molar-refractivity contribution in [3.8, 4) is 11.1 Å². The number of halogens is 1. The van der Waals surface area contributed by atoms with Crippen LogP contribution < -0.4 is 21.6 Å². The fourth-order valence-electron chi connectivity index (χ4n) is 3.10. The van der Waals surface area contributed by atoms with E-state index in [1.165, 1.54) is 23.9 Å². The third-order valence-electron chi connectivity index (χ3n) is 4.58. The van der Waals surface area contributed by atoms with Gasteiger partial charge in [0.25, 0.3) is 0 Å². The van der Waals surface area contributed by atoms with Gasteiger partial charge in [-0.3, -0.25) is 9.59 Å². The first-order valence-electron chi connectivity index (χ1n) is 8.87. The molecule has 2 aromatic rings. The van der Waals surface area contributed by atoms with Crippen molar-refractivity contribution in [3.63, 3.8) is 0 Å². The topological polar surface area (TPSA) is 114 Å². The molecule has 1 aliphatic heterocycles. The van der Waals surface area contributed by atoms with Gasteiger partial charge in [-0.05, 0) is 17.7 Å². The van der Waals surface area contributed by atoms with E-state index < -0.39 is 11.4 Å². The number of piperazine rings is 1. The Morgan fingerprint density at radius 2 is 1.96 bits per heavy atom. The van der Waals surface area contributed by atoms with Gasteiger partial charge in [0.05, 0.1) is 24.0 Å². The highest BCUT2D eigenvalue weighted by Crippen LogP contribution is 2.26. The molecule has 0 unspecified atom stereocenters.